The molecule has 1 N–H and O–H groups in total. The predicted molar refractivity (Wildman–Crippen MR) is 103 cm³/mol. The van der Waals surface area contributed by atoms with Gasteiger partial charge in [0, 0.05) is 27.2 Å². The van der Waals surface area contributed by atoms with E-state index in [1.54, 1.807) is 26.4 Å². The SMILES string of the molecule is COC.O=C(CN1CCCC1)NC1=NN(c2ccc(Cl)c(Cl)c2)CC1. The molecule has 0 unspecified atom stereocenters. The Morgan fingerprint density at radius 3 is 2.52 bits per heavy atom. The molecule has 0 aliphatic carbocycles. The lowest BCUT2D eigenvalue weighted by atomic mass is 10.3. The van der Waals surface area contributed by atoms with Gasteiger partial charge in [0.1, 0.15) is 5.84 Å². The number of carbonyl (C=O) groups is 1. The molecule has 2 aliphatic heterocycles. The lowest BCUT2D eigenvalue weighted by Gasteiger charge is -2.14. The molecule has 0 atom stereocenters. The second kappa shape index (κ2) is 9.97. The van der Waals surface area contributed by atoms with Crippen molar-refractivity contribution in [2.75, 3.05) is 45.4 Å². The summed E-state index contributed by atoms with van der Waals surface area (Å²) in [7, 11) is 3.25. The summed E-state index contributed by atoms with van der Waals surface area (Å²) in [5.74, 6) is 0.715. The molecule has 25 heavy (non-hydrogen) atoms. The van der Waals surface area contributed by atoms with Crippen LogP contribution < -0.4 is 10.3 Å². The molecule has 0 aromatic heterocycles. The van der Waals surface area contributed by atoms with Crippen LogP contribution in [0.15, 0.2) is 23.3 Å². The Morgan fingerprint density at radius 2 is 1.88 bits per heavy atom. The number of hydrazone groups is 1. The second-order valence-electron chi connectivity index (χ2n) is 5.96. The maximum Gasteiger partial charge on any atom is 0.239 e. The van der Waals surface area contributed by atoms with Gasteiger partial charge in [-0.25, -0.2) is 0 Å². The number of benzene rings is 1. The number of likely N-dealkylation sites (tertiary alicyclic amines) is 1. The number of methoxy groups -OCH3 is 1. The highest BCUT2D eigenvalue weighted by atomic mass is 35.5. The average Bonchev–Trinajstić information content (AvgIpc) is 3.23. The summed E-state index contributed by atoms with van der Waals surface area (Å²) < 4.78 is 4.25. The van der Waals surface area contributed by atoms with Crippen LogP contribution in [0, 0.1) is 0 Å². The minimum absolute atomic E-state index is 0.0108. The van der Waals surface area contributed by atoms with E-state index in [0.717, 1.165) is 25.3 Å². The highest BCUT2D eigenvalue weighted by Crippen LogP contribution is 2.28. The topological polar surface area (TPSA) is 57.2 Å². The van der Waals surface area contributed by atoms with Crippen LogP contribution in [0.5, 0.6) is 0 Å². The summed E-state index contributed by atoms with van der Waals surface area (Å²) >= 11 is 11.9. The van der Waals surface area contributed by atoms with Crippen molar-refractivity contribution < 1.29 is 9.53 Å². The number of halogens is 2. The third kappa shape index (κ3) is 6.15. The number of rotatable bonds is 3. The van der Waals surface area contributed by atoms with Gasteiger partial charge in [0.15, 0.2) is 0 Å². The fourth-order valence-electron chi connectivity index (χ4n) is 2.72. The zero-order chi connectivity index (χ0) is 18.2. The van der Waals surface area contributed by atoms with Crippen LogP contribution in [0.4, 0.5) is 5.69 Å². The maximum atomic E-state index is 12.0. The van der Waals surface area contributed by atoms with Gasteiger partial charge in [0.05, 0.1) is 22.3 Å². The summed E-state index contributed by atoms with van der Waals surface area (Å²) in [6, 6.07) is 5.40. The number of carbonyl (C=O) groups excluding carboxylic acids is 1. The molecule has 0 radical (unpaired) electrons. The van der Waals surface area contributed by atoms with E-state index in [9.17, 15) is 4.79 Å². The summed E-state index contributed by atoms with van der Waals surface area (Å²) in [5.41, 5.74) is 0.873. The first kappa shape index (κ1) is 20.0. The van der Waals surface area contributed by atoms with Gasteiger partial charge >= 0.3 is 0 Å². The molecule has 0 bridgehead atoms. The number of ether oxygens (including phenoxy) is 1. The zero-order valence-electron chi connectivity index (χ0n) is 14.6. The van der Waals surface area contributed by atoms with Crippen molar-refractivity contribution in [3.05, 3.63) is 28.2 Å². The average molecular weight is 387 g/mol. The number of nitrogens with one attached hydrogen (secondary N) is 1. The summed E-state index contributed by atoms with van der Waals surface area (Å²) in [5, 5.41) is 10.2. The van der Waals surface area contributed by atoms with Gasteiger partial charge in [0.25, 0.3) is 0 Å². The molecule has 0 spiro atoms. The van der Waals surface area contributed by atoms with Crippen LogP contribution in [0.25, 0.3) is 0 Å². The normalized spacial score (nSPS) is 17.1. The maximum absolute atomic E-state index is 12.0. The minimum atomic E-state index is 0.0108. The standard InChI is InChI=1S/C15H18Cl2N4O.C2H6O/c16-12-4-3-11(9-13(12)17)21-8-5-14(19-21)18-15(22)10-20-6-1-2-7-20;1-3-2/h3-4,9H,1-2,5-8,10H2,(H,18,19,22);1-2H3. The van der Waals surface area contributed by atoms with Gasteiger partial charge in [-0.3, -0.25) is 14.7 Å². The van der Waals surface area contributed by atoms with Crippen molar-refractivity contribution in [1.29, 1.82) is 0 Å². The molecule has 6 nitrogen and oxygen atoms in total. The molecular weight excluding hydrogens is 363 g/mol. The van der Waals surface area contributed by atoms with Gasteiger partial charge in [-0.15, -0.1) is 0 Å². The number of hydrogen-bond donors (Lipinski definition) is 1. The molecule has 2 heterocycles. The van der Waals surface area contributed by atoms with E-state index < -0.39 is 0 Å². The molecule has 0 saturated carbocycles. The van der Waals surface area contributed by atoms with Crippen LogP contribution in [-0.2, 0) is 9.53 Å². The number of hydrogen-bond acceptors (Lipinski definition) is 5. The fourth-order valence-corrected chi connectivity index (χ4v) is 3.01. The van der Waals surface area contributed by atoms with Gasteiger partial charge in [-0.1, -0.05) is 23.2 Å². The number of anilines is 1. The number of amidine groups is 1. The van der Waals surface area contributed by atoms with Gasteiger partial charge < -0.3 is 10.1 Å². The van der Waals surface area contributed by atoms with Gasteiger partial charge in [0.2, 0.25) is 5.91 Å². The first-order valence-corrected chi connectivity index (χ1v) is 9.01. The van der Waals surface area contributed by atoms with E-state index in [-0.39, 0.29) is 5.91 Å². The number of nitrogens with zero attached hydrogens (tertiary/aromatic N) is 3. The molecule has 138 valence electrons. The van der Waals surface area contributed by atoms with E-state index in [2.05, 4.69) is 20.1 Å². The lowest BCUT2D eigenvalue weighted by Crippen LogP contribution is -2.38. The van der Waals surface area contributed by atoms with Gasteiger partial charge in [-0.05, 0) is 44.1 Å². The van der Waals surface area contributed by atoms with E-state index in [4.69, 9.17) is 23.2 Å². The highest BCUT2D eigenvalue weighted by molar-refractivity contribution is 6.42. The Kier molecular flexibility index (Phi) is 7.96. The van der Waals surface area contributed by atoms with Crippen molar-refractivity contribution >= 4 is 40.6 Å². The van der Waals surface area contributed by atoms with E-state index in [0.29, 0.717) is 28.8 Å². The minimum Gasteiger partial charge on any atom is -0.388 e. The first-order chi connectivity index (χ1) is 12.0. The molecule has 2 aliphatic rings. The molecule has 3 rings (SSSR count). The van der Waals surface area contributed by atoms with E-state index in [1.807, 2.05) is 11.1 Å². The second-order valence-corrected chi connectivity index (χ2v) is 6.77. The smallest absolute Gasteiger partial charge is 0.239 e. The largest absolute Gasteiger partial charge is 0.388 e. The molecule has 1 aromatic rings. The Hall–Kier alpha value is -1.34. The Labute approximate surface area is 158 Å². The first-order valence-electron chi connectivity index (χ1n) is 8.26. The Bertz CT molecular complexity index is 619. The summed E-state index contributed by atoms with van der Waals surface area (Å²) in [6.07, 6.45) is 3.07. The van der Waals surface area contributed by atoms with Crippen molar-refractivity contribution in [3.63, 3.8) is 0 Å². The molecular formula is C17H24Cl2N4O2. The molecule has 1 fully saturated rings. The van der Waals surface area contributed by atoms with Crippen molar-refractivity contribution in [2.45, 2.75) is 19.3 Å². The zero-order valence-corrected chi connectivity index (χ0v) is 16.1. The quantitative estimate of drug-likeness (QED) is 0.867. The van der Waals surface area contributed by atoms with E-state index in [1.165, 1.54) is 12.8 Å². The van der Waals surface area contributed by atoms with Crippen LogP contribution in [0.2, 0.25) is 10.0 Å². The third-order valence-corrected chi connectivity index (χ3v) is 4.59. The fraction of sp³-hybridized carbons (Fsp3) is 0.529. The highest BCUT2D eigenvalue weighted by Gasteiger charge is 2.20. The monoisotopic (exact) mass is 386 g/mol. The van der Waals surface area contributed by atoms with Crippen molar-refractivity contribution in [1.82, 2.24) is 10.2 Å². The predicted octanol–water partition coefficient (Wildman–Crippen LogP) is 2.99. The Balaban J connectivity index is 0.000000701. The van der Waals surface area contributed by atoms with Crippen LogP contribution in [0.3, 0.4) is 0 Å². The molecule has 1 saturated heterocycles. The Morgan fingerprint density at radius 1 is 1.20 bits per heavy atom. The summed E-state index contributed by atoms with van der Waals surface area (Å²) in [6.45, 7) is 3.19. The summed E-state index contributed by atoms with van der Waals surface area (Å²) in [4.78, 5) is 14.2. The van der Waals surface area contributed by atoms with Gasteiger partial charge in [-0.2, -0.15) is 5.10 Å². The van der Waals surface area contributed by atoms with Crippen LogP contribution in [0.1, 0.15) is 19.3 Å². The van der Waals surface area contributed by atoms with Crippen LogP contribution >= 0.6 is 23.2 Å². The molecule has 1 aromatic carbocycles. The molecule has 1 amide bonds. The van der Waals surface area contributed by atoms with Crippen molar-refractivity contribution in [2.24, 2.45) is 5.10 Å². The van der Waals surface area contributed by atoms with E-state index >= 15 is 0 Å². The lowest BCUT2D eigenvalue weighted by molar-refractivity contribution is -0.120. The van der Waals surface area contributed by atoms with Crippen molar-refractivity contribution in [3.8, 4) is 0 Å². The third-order valence-electron chi connectivity index (χ3n) is 3.85. The molecule has 8 heteroatoms. The number of amides is 1. The van der Waals surface area contributed by atoms with Crippen LogP contribution in [-0.4, -0.2) is 57.0 Å².